The van der Waals surface area contributed by atoms with E-state index in [2.05, 4.69) is 37.9 Å². The molecule has 0 spiro atoms. The number of carboxylic acids is 1. The number of hydrogen-bond acceptors (Lipinski definition) is 7. The van der Waals surface area contributed by atoms with Gasteiger partial charge in [0.25, 0.3) is 0 Å². The Kier molecular flexibility index (Phi) is 9.62. The SMILES string of the molecule is CC1C(OC(=O)C2CC(C(=O)O)C2(C)C)CCC2(C)C1CCC1(C)C2CCC2[C@H]3CCCC3(NCC(CO)N3CC[S+]([O-])CC3)CC[C@]21C. The van der Waals surface area contributed by atoms with E-state index in [1.165, 1.54) is 57.8 Å². The van der Waals surface area contributed by atoms with E-state index in [1.807, 2.05) is 13.8 Å². The van der Waals surface area contributed by atoms with E-state index in [9.17, 15) is 24.4 Å². The zero-order chi connectivity index (χ0) is 35.1. The Bertz CT molecular complexity index is 1270. The van der Waals surface area contributed by atoms with Crippen LogP contribution in [0.5, 0.6) is 0 Å². The van der Waals surface area contributed by atoms with Gasteiger partial charge in [0, 0.05) is 31.2 Å². The van der Waals surface area contributed by atoms with Crippen molar-refractivity contribution in [3.05, 3.63) is 0 Å². The lowest BCUT2D eigenvalue weighted by Crippen LogP contribution is -2.68. The minimum absolute atomic E-state index is 0.0729. The third-order valence-corrected chi connectivity index (χ3v) is 18.9. The number of esters is 1. The molecular formula is C40H66N2O6S. The van der Waals surface area contributed by atoms with Crippen molar-refractivity contribution < 1.29 is 29.1 Å². The summed E-state index contributed by atoms with van der Waals surface area (Å²) in [5.74, 6) is 2.61. The second-order valence-electron chi connectivity index (χ2n) is 19.4. The molecule has 0 radical (unpaired) electrons. The smallest absolute Gasteiger partial charge is 0.309 e. The van der Waals surface area contributed by atoms with Gasteiger partial charge in [-0.25, -0.2) is 0 Å². The number of carbonyl (C=O) groups is 2. The number of fused-ring (bicyclic) bond motifs is 7. The Labute approximate surface area is 298 Å². The molecule has 9 heteroatoms. The Balaban J connectivity index is 1.03. The third kappa shape index (κ3) is 5.58. The maximum Gasteiger partial charge on any atom is 0.309 e. The fourth-order valence-electron chi connectivity index (χ4n) is 14.3. The molecule has 278 valence electrons. The molecule has 0 aromatic rings. The van der Waals surface area contributed by atoms with E-state index < -0.39 is 28.5 Å². The van der Waals surface area contributed by atoms with E-state index in [-0.39, 0.29) is 47.0 Å². The highest BCUT2D eigenvalue weighted by Gasteiger charge is 2.69. The number of aliphatic hydroxyl groups is 1. The number of carbonyl (C=O) groups excluding carboxylic acids is 1. The maximum absolute atomic E-state index is 13.4. The molecule has 0 aromatic carbocycles. The number of nitrogens with zero attached hydrogens (tertiary/aromatic N) is 1. The molecule has 13 atom stereocenters. The van der Waals surface area contributed by atoms with Crippen LogP contribution < -0.4 is 5.32 Å². The monoisotopic (exact) mass is 702 g/mol. The van der Waals surface area contributed by atoms with Crippen LogP contribution in [-0.2, 0) is 25.5 Å². The van der Waals surface area contributed by atoms with E-state index in [0.29, 0.717) is 35.5 Å². The highest BCUT2D eigenvalue weighted by molar-refractivity contribution is 7.91. The van der Waals surface area contributed by atoms with Crippen molar-refractivity contribution in [3.8, 4) is 0 Å². The number of ether oxygens (including phenoxy) is 1. The molecule has 0 aromatic heterocycles. The number of rotatable bonds is 8. The van der Waals surface area contributed by atoms with E-state index in [1.54, 1.807) is 0 Å². The van der Waals surface area contributed by atoms with Crippen molar-refractivity contribution in [1.29, 1.82) is 0 Å². The van der Waals surface area contributed by atoms with Gasteiger partial charge in [0.1, 0.15) is 17.6 Å². The average Bonchev–Trinajstić information content (AvgIpc) is 3.47. The minimum Gasteiger partial charge on any atom is -0.616 e. The van der Waals surface area contributed by atoms with Gasteiger partial charge in [-0.2, -0.15) is 0 Å². The van der Waals surface area contributed by atoms with E-state index >= 15 is 0 Å². The fraction of sp³-hybridized carbons (Fsp3) is 0.950. The molecule has 1 saturated heterocycles. The van der Waals surface area contributed by atoms with Crippen LogP contribution in [0.2, 0.25) is 0 Å². The lowest BCUT2D eigenvalue weighted by molar-refractivity contribution is -0.232. The van der Waals surface area contributed by atoms with E-state index in [4.69, 9.17) is 4.74 Å². The summed E-state index contributed by atoms with van der Waals surface area (Å²) in [4.78, 5) is 27.5. The fourth-order valence-corrected chi connectivity index (χ4v) is 15.3. The average molecular weight is 703 g/mol. The lowest BCUT2D eigenvalue weighted by atomic mass is 9.34. The van der Waals surface area contributed by atoms with Crippen LogP contribution in [0, 0.1) is 63.1 Å². The normalized spacial score (nSPS) is 48.7. The van der Waals surface area contributed by atoms with Crippen molar-refractivity contribution >= 4 is 23.1 Å². The van der Waals surface area contributed by atoms with Crippen LogP contribution in [-0.4, -0.2) is 87.0 Å². The molecule has 6 saturated carbocycles. The predicted octanol–water partition coefficient (Wildman–Crippen LogP) is 5.88. The molecule has 7 rings (SSSR count). The molecule has 11 unspecified atom stereocenters. The van der Waals surface area contributed by atoms with Crippen LogP contribution in [0.15, 0.2) is 0 Å². The van der Waals surface area contributed by atoms with Gasteiger partial charge in [-0.1, -0.05) is 59.1 Å². The van der Waals surface area contributed by atoms with Gasteiger partial charge in [-0.15, -0.1) is 0 Å². The van der Waals surface area contributed by atoms with Crippen LogP contribution in [0.3, 0.4) is 0 Å². The Hall–Kier alpha value is -0.870. The molecule has 6 aliphatic carbocycles. The summed E-state index contributed by atoms with van der Waals surface area (Å²) in [5.41, 5.74) is 0.455. The first-order chi connectivity index (χ1) is 23.1. The zero-order valence-corrected chi connectivity index (χ0v) is 32.1. The molecule has 0 bridgehead atoms. The summed E-state index contributed by atoms with van der Waals surface area (Å²) >= 11 is -0.708. The standard InChI is InChI=1S/C40H66N2O6S/c1-25-27-11-15-39(6)33(37(27,4)14-12-32(25)48-35(46)31-22-30(34(44)45)36(31,2)3)10-9-28-29-8-7-13-40(29,17-16-38(28,39)5)41-23-26(24-43)42-18-20-49(47)21-19-42/h25-33,41,43H,7-24H2,1-6H3,(H,44,45)/t25?,26?,27?,28?,29-,30?,31?,32?,33?,37?,38-,39?,40?/m1/s1. The molecule has 8 nitrogen and oxygen atoms in total. The summed E-state index contributed by atoms with van der Waals surface area (Å²) in [6, 6.07) is 0.1000. The number of hydrogen-bond donors (Lipinski definition) is 3. The number of aliphatic carboxylic acids is 1. The maximum atomic E-state index is 13.4. The summed E-state index contributed by atoms with van der Waals surface area (Å²) in [6.07, 6.45) is 13.7. The minimum atomic E-state index is -0.805. The second kappa shape index (κ2) is 12.9. The largest absolute Gasteiger partial charge is 0.616 e. The first-order valence-corrected chi connectivity index (χ1v) is 21.5. The molecule has 1 heterocycles. The van der Waals surface area contributed by atoms with Crippen LogP contribution >= 0.6 is 0 Å². The zero-order valence-electron chi connectivity index (χ0n) is 31.3. The predicted molar refractivity (Wildman–Crippen MR) is 192 cm³/mol. The summed E-state index contributed by atoms with van der Waals surface area (Å²) in [7, 11) is 0. The van der Waals surface area contributed by atoms with Gasteiger partial charge in [0.15, 0.2) is 0 Å². The van der Waals surface area contributed by atoms with Gasteiger partial charge in [-0.3, -0.25) is 14.5 Å². The van der Waals surface area contributed by atoms with E-state index in [0.717, 1.165) is 49.9 Å². The van der Waals surface area contributed by atoms with Crippen LogP contribution in [0.25, 0.3) is 0 Å². The number of carboxylic acid groups (broad SMARTS) is 1. The molecule has 49 heavy (non-hydrogen) atoms. The Morgan fingerprint density at radius 2 is 1.63 bits per heavy atom. The number of nitrogens with one attached hydrogen (secondary N) is 1. The summed E-state index contributed by atoms with van der Waals surface area (Å²) < 4.78 is 18.3. The van der Waals surface area contributed by atoms with Gasteiger partial charge in [-0.05, 0) is 122 Å². The highest BCUT2D eigenvalue weighted by Crippen LogP contribution is 2.75. The van der Waals surface area contributed by atoms with Crippen molar-refractivity contribution in [2.24, 2.45) is 63.1 Å². The molecule has 7 fully saturated rings. The summed E-state index contributed by atoms with van der Waals surface area (Å²) in [5, 5.41) is 24.1. The van der Waals surface area contributed by atoms with Gasteiger partial charge in [0.2, 0.25) is 0 Å². The van der Waals surface area contributed by atoms with Crippen molar-refractivity contribution in [1.82, 2.24) is 10.2 Å². The Morgan fingerprint density at radius 3 is 2.31 bits per heavy atom. The molecular weight excluding hydrogens is 637 g/mol. The highest BCUT2D eigenvalue weighted by atomic mass is 32.2. The lowest BCUT2D eigenvalue weighted by Gasteiger charge is -2.72. The van der Waals surface area contributed by atoms with Crippen molar-refractivity contribution in [2.45, 2.75) is 136 Å². The van der Waals surface area contributed by atoms with Gasteiger partial charge >= 0.3 is 11.9 Å². The topological polar surface area (TPSA) is 122 Å². The second-order valence-corrected chi connectivity index (χ2v) is 21.0. The van der Waals surface area contributed by atoms with Gasteiger partial charge in [0.05, 0.1) is 18.4 Å². The molecule has 7 aliphatic rings. The molecule has 1 aliphatic heterocycles. The molecule has 3 N–H and O–H groups in total. The Morgan fingerprint density at radius 1 is 0.898 bits per heavy atom. The van der Waals surface area contributed by atoms with Gasteiger partial charge < -0.3 is 24.8 Å². The number of aliphatic hydroxyl groups excluding tert-OH is 1. The quantitative estimate of drug-likeness (QED) is 0.212. The molecule has 0 amide bonds. The summed E-state index contributed by atoms with van der Waals surface area (Å²) in [6.45, 7) is 16.7. The first kappa shape index (κ1) is 36.5. The van der Waals surface area contributed by atoms with Crippen molar-refractivity contribution in [2.75, 3.05) is 37.7 Å². The van der Waals surface area contributed by atoms with Crippen LogP contribution in [0.1, 0.15) is 119 Å². The van der Waals surface area contributed by atoms with Crippen LogP contribution in [0.4, 0.5) is 0 Å². The van der Waals surface area contributed by atoms with Crippen molar-refractivity contribution in [3.63, 3.8) is 0 Å². The first-order valence-electron chi connectivity index (χ1n) is 20.0. The third-order valence-electron chi connectivity index (χ3n) is 17.6.